The fraction of sp³-hybridized carbons (Fsp3) is 0. The number of hydrogen-bond acceptors (Lipinski definition) is 2. The molecule has 0 radical (unpaired) electrons. The summed E-state index contributed by atoms with van der Waals surface area (Å²) in [6, 6.07) is 46.4. The zero-order chi connectivity index (χ0) is 26.3. The molecule has 0 aromatic heterocycles. The van der Waals surface area contributed by atoms with Crippen LogP contribution in [0.4, 0.5) is 0 Å². The average Bonchev–Trinajstić information content (AvgIpc) is 3.01. The van der Waals surface area contributed by atoms with Crippen molar-refractivity contribution in [2.45, 2.75) is 0 Å². The van der Waals surface area contributed by atoms with E-state index in [1.807, 2.05) is 169 Å². The van der Waals surface area contributed by atoms with Crippen LogP contribution >= 0.6 is 14.3 Å². The topological polar surface area (TPSA) is 34.1 Å². The van der Waals surface area contributed by atoms with Crippen molar-refractivity contribution in [2.24, 2.45) is 0 Å². The predicted molar refractivity (Wildman–Crippen MR) is 164 cm³/mol. The third kappa shape index (κ3) is 5.63. The minimum atomic E-state index is -2.94. The monoisotopic (exact) mass is 530 g/mol. The van der Waals surface area contributed by atoms with Gasteiger partial charge in [0, 0.05) is 21.2 Å². The highest BCUT2D eigenvalue weighted by atomic mass is 31.2. The molecular formula is C34H28O2P2. The maximum atomic E-state index is 14.2. The fourth-order valence-corrected chi connectivity index (χ4v) is 8.85. The van der Waals surface area contributed by atoms with Gasteiger partial charge in [0.1, 0.15) is 0 Å². The van der Waals surface area contributed by atoms with Gasteiger partial charge in [-0.25, -0.2) is 0 Å². The molecule has 0 fully saturated rings. The molecule has 4 heteroatoms. The first-order chi connectivity index (χ1) is 18.6. The van der Waals surface area contributed by atoms with Crippen molar-refractivity contribution in [3.05, 3.63) is 168 Å². The molecule has 0 aliphatic rings. The van der Waals surface area contributed by atoms with Crippen molar-refractivity contribution in [1.29, 1.82) is 0 Å². The SMILES string of the molecule is O=P(/C=C/c1ccc(/C=C/P(=O)(c2ccccc2)c2ccccc2)cc1)(c1ccccc1)c1ccccc1. The largest absolute Gasteiger partial charge is 0.309 e. The van der Waals surface area contributed by atoms with Crippen molar-refractivity contribution >= 4 is 47.7 Å². The zero-order valence-electron chi connectivity index (χ0n) is 20.9. The van der Waals surface area contributed by atoms with Crippen molar-refractivity contribution < 1.29 is 9.13 Å². The second kappa shape index (κ2) is 11.6. The number of rotatable bonds is 8. The van der Waals surface area contributed by atoms with Crippen LogP contribution in [0.5, 0.6) is 0 Å². The van der Waals surface area contributed by atoms with Gasteiger partial charge in [0.05, 0.1) is 0 Å². The Morgan fingerprint density at radius 3 is 0.816 bits per heavy atom. The fourth-order valence-electron chi connectivity index (χ4n) is 4.34. The van der Waals surface area contributed by atoms with Gasteiger partial charge in [-0.1, -0.05) is 158 Å². The average molecular weight is 531 g/mol. The molecule has 0 heterocycles. The lowest BCUT2D eigenvalue weighted by Crippen LogP contribution is -2.13. The molecule has 5 rings (SSSR count). The highest BCUT2D eigenvalue weighted by molar-refractivity contribution is 7.82. The van der Waals surface area contributed by atoms with Gasteiger partial charge in [0.2, 0.25) is 0 Å². The molecule has 5 aromatic rings. The Hall–Kier alpha value is -3.96. The molecule has 0 spiro atoms. The summed E-state index contributed by atoms with van der Waals surface area (Å²) in [4.78, 5) is 0. The molecule has 186 valence electrons. The van der Waals surface area contributed by atoms with E-state index in [1.54, 1.807) is 0 Å². The molecule has 0 amide bonds. The minimum absolute atomic E-state index is 0.805. The standard InChI is InChI=1S/C34H28O2P2/c35-37(31-13-5-1-6-14-31,32-15-7-2-8-16-32)27-25-29-21-23-30(24-22-29)26-28-38(36,33-17-9-3-10-18-33)34-19-11-4-12-20-34/h1-28H/b27-25+,28-26+. The molecule has 38 heavy (non-hydrogen) atoms. The lowest BCUT2D eigenvalue weighted by atomic mass is 10.1. The number of hydrogen-bond donors (Lipinski definition) is 0. The van der Waals surface area contributed by atoms with Crippen LogP contribution in [0.2, 0.25) is 0 Å². The van der Waals surface area contributed by atoms with E-state index in [0.717, 1.165) is 32.3 Å². The summed E-state index contributed by atoms with van der Waals surface area (Å²) >= 11 is 0. The molecule has 0 N–H and O–H groups in total. The third-order valence-electron chi connectivity index (χ3n) is 6.45. The van der Waals surface area contributed by atoms with Gasteiger partial charge in [0.15, 0.2) is 14.3 Å². The summed E-state index contributed by atoms with van der Waals surface area (Å²) in [6.07, 6.45) is 3.85. The Balaban J connectivity index is 1.43. The first-order valence-corrected chi connectivity index (χ1v) is 16.0. The van der Waals surface area contributed by atoms with Crippen molar-refractivity contribution in [3.8, 4) is 0 Å². The molecule has 0 aliphatic carbocycles. The van der Waals surface area contributed by atoms with E-state index in [1.165, 1.54) is 0 Å². The summed E-state index contributed by atoms with van der Waals surface area (Å²) in [5.41, 5.74) is 1.90. The molecule has 0 unspecified atom stereocenters. The van der Waals surface area contributed by atoms with Crippen LogP contribution in [-0.4, -0.2) is 0 Å². The molecule has 5 aromatic carbocycles. The predicted octanol–water partition coefficient (Wildman–Crippen LogP) is 7.66. The Labute approximate surface area is 224 Å². The molecule has 0 saturated carbocycles. The second-order valence-corrected chi connectivity index (χ2v) is 14.3. The Kier molecular flexibility index (Phi) is 7.85. The minimum Gasteiger partial charge on any atom is -0.309 e. The van der Waals surface area contributed by atoms with Gasteiger partial charge >= 0.3 is 0 Å². The van der Waals surface area contributed by atoms with Gasteiger partial charge in [-0.15, -0.1) is 0 Å². The Morgan fingerprint density at radius 1 is 0.342 bits per heavy atom. The summed E-state index contributed by atoms with van der Waals surface area (Å²) in [6.45, 7) is 0. The van der Waals surface area contributed by atoms with Crippen molar-refractivity contribution in [3.63, 3.8) is 0 Å². The summed E-state index contributed by atoms with van der Waals surface area (Å²) in [5, 5.41) is 3.22. The molecule has 0 saturated heterocycles. The van der Waals surface area contributed by atoms with Crippen LogP contribution in [0.3, 0.4) is 0 Å². The quantitative estimate of drug-likeness (QED) is 0.193. The maximum Gasteiger partial charge on any atom is 0.164 e. The molecule has 0 aliphatic heterocycles. The maximum absolute atomic E-state index is 14.2. The summed E-state index contributed by atoms with van der Waals surface area (Å²) in [7, 11) is -5.87. The summed E-state index contributed by atoms with van der Waals surface area (Å²) in [5.74, 6) is 3.67. The van der Waals surface area contributed by atoms with Gasteiger partial charge in [-0.3, -0.25) is 0 Å². The van der Waals surface area contributed by atoms with E-state index in [0.29, 0.717) is 0 Å². The smallest absolute Gasteiger partial charge is 0.164 e. The van der Waals surface area contributed by atoms with E-state index in [4.69, 9.17) is 0 Å². The van der Waals surface area contributed by atoms with E-state index in [2.05, 4.69) is 0 Å². The van der Waals surface area contributed by atoms with E-state index >= 15 is 0 Å². The Morgan fingerprint density at radius 2 is 0.579 bits per heavy atom. The normalized spacial score (nSPS) is 12.2. The first-order valence-electron chi connectivity index (χ1n) is 12.5. The van der Waals surface area contributed by atoms with Crippen molar-refractivity contribution in [1.82, 2.24) is 0 Å². The van der Waals surface area contributed by atoms with E-state index in [-0.39, 0.29) is 0 Å². The van der Waals surface area contributed by atoms with Crippen LogP contribution in [0.25, 0.3) is 12.2 Å². The first kappa shape index (κ1) is 25.7. The van der Waals surface area contributed by atoms with Crippen LogP contribution in [-0.2, 0) is 9.13 Å². The van der Waals surface area contributed by atoms with Crippen LogP contribution in [0.1, 0.15) is 11.1 Å². The van der Waals surface area contributed by atoms with Gasteiger partial charge in [0.25, 0.3) is 0 Å². The van der Waals surface area contributed by atoms with E-state index < -0.39 is 14.3 Å². The third-order valence-corrected chi connectivity index (χ3v) is 11.8. The van der Waals surface area contributed by atoms with Crippen LogP contribution in [0, 0.1) is 0 Å². The van der Waals surface area contributed by atoms with E-state index in [9.17, 15) is 9.13 Å². The highest BCUT2D eigenvalue weighted by Gasteiger charge is 2.24. The second-order valence-electron chi connectivity index (χ2n) is 8.96. The Bertz CT molecular complexity index is 1410. The highest BCUT2D eigenvalue weighted by Crippen LogP contribution is 2.46. The molecule has 0 atom stereocenters. The van der Waals surface area contributed by atoms with Gasteiger partial charge in [-0.05, 0) is 22.8 Å². The summed E-state index contributed by atoms with van der Waals surface area (Å²) < 4.78 is 28.4. The lowest BCUT2D eigenvalue weighted by molar-refractivity contribution is 0.591. The number of benzene rings is 5. The van der Waals surface area contributed by atoms with Gasteiger partial charge in [-0.2, -0.15) is 0 Å². The van der Waals surface area contributed by atoms with Gasteiger partial charge < -0.3 is 9.13 Å². The molecule has 2 nitrogen and oxygen atoms in total. The lowest BCUT2D eigenvalue weighted by Gasteiger charge is -2.15. The van der Waals surface area contributed by atoms with Crippen LogP contribution < -0.4 is 21.2 Å². The molecule has 0 bridgehead atoms. The zero-order valence-corrected chi connectivity index (χ0v) is 22.7. The molecular weight excluding hydrogens is 502 g/mol. The van der Waals surface area contributed by atoms with Crippen molar-refractivity contribution in [2.75, 3.05) is 0 Å². The van der Waals surface area contributed by atoms with Crippen LogP contribution in [0.15, 0.2) is 157 Å².